The molecule has 180 valence electrons. The van der Waals surface area contributed by atoms with E-state index >= 15 is 0 Å². The summed E-state index contributed by atoms with van der Waals surface area (Å²) in [4.78, 5) is 23.4. The molecule has 0 bridgehead atoms. The number of piperidine rings is 1. The molecule has 5 rings (SSSR count). The molecule has 0 aromatic heterocycles. The van der Waals surface area contributed by atoms with Crippen molar-refractivity contribution in [3.63, 3.8) is 0 Å². The molecule has 0 spiro atoms. The molecule has 5 heteroatoms. The first-order chi connectivity index (χ1) is 16.9. The number of urea groups is 1. The van der Waals surface area contributed by atoms with Gasteiger partial charge in [-0.15, -0.1) is 0 Å². The third-order valence-corrected chi connectivity index (χ3v) is 7.31. The number of aliphatic imine (C=N–C) groups is 1. The lowest BCUT2D eigenvalue weighted by molar-refractivity contribution is 0.150. The first kappa shape index (κ1) is 23.3. The molecule has 2 aliphatic heterocycles. The number of carbonyl (C=O) groups is 1. The van der Waals surface area contributed by atoms with Crippen LogP contribution in [0.25, 0.3) is 0 Å². The molecular weight excluding hydrogens is 432 g/mol. The van der Waals surface area contributed by atoms with Crippen molar-refractivity contribution in [2.75, 3.05) is 13.1 Å². The first-order valence-corrected chi connectivity index (χ1v) is 12.5. The average molecular weight is 467 g/mol. The molecule has 0 radical (unpaired) electrons. The predicted octanol–water partition coefficient (Wildman–Crippen LogP) is 5.70. The Balaban J connectivity index is 1.65. The minimum atomic E-state index is -0.226. The van der Waals surface area contributed by atoms with Crippen LogP contribution in [0.1, 0.15) is 58.3 Å². The topological polar surface area (TPSA) is 61.9 Å². The van der Waals surface area contributed by atoms with Crippen LogP contribution in [0.4, 0.5) is 4.79 Å². The third-order valence-electron chi connectivity index (χ3n) is 7.31. The van der Waals surface area contributed by atoms with E-state index in [0.29, 0.717) is 13.1 Å². The summed E-state index contributed by atoms with van der Waals surface area (Å²) in [6.07, 6.45) is 1.65. The first-order valence-electron chi connectivity index (χ1n) is 12.5. The van der Waals surface area contributed by atoms with Crippen molar-refractivity contribution in [3.05, 3.63) is 106 Å². The van der Waals surface area contributed by atoms with Gasteiger partial charge in [-0.2, -0.15) is 0 Å². The SMILES string of the molecule is Cc1ccc(C2N=C(c3ccccc3C)N(C(=O)N3CCC(N)CC3)C2c2ccc(C)cc2)cc1. The Bertz CT molecular complexity index is 1220. The molecule has 35 heavy (non-hydrogen) atoms. The lowest BCUT2D eigenvalue weighted by Gasteiger charge is -2.37. The molecule has 0 saturated carbocycles. The van der Waals surface area contributed by atoms with E-state index in [9.17, 15) is 4.79 Å². The maximum Gasteiger partial charge on any atom is 0.326 e. The van der Waals surface area contributed by atoms with Crippen LogP contribution >= 0.6 is 0 Å². The monoisotopic (exact) mass is 466 g/mol. The Labute approximate surface area is 208 Å². The van der Waals surface area contributed by atoms with Crippen molar-refractivity contribution < 1.29 is 4.79 Å². The molecule has 2 atom stereocenters. The summed E-state index contributed by atoms with van der Waals surface area (Å²) >= 11 is 0. The van der Waals surface area contributed by atoms with E-state index < -0.39 is 0 Å². The second-order valence-corrected chi connectivity index (χ2v) is 9.96. The van der Waals surface area contributed by atoms with Crippen LogP contribution in [-0.4, -0.2) is 40.8 Å². The van der Waals surface area contributed by atoms with Gasteiger partial charge in [0.25, 0.3) is 0 Å². The van der Waals surface area contributed by atoms with Gasteiger partial charge < -0.3 is 10.6 Å². The van der Waals surface area contributed by atoms with E-state index in [1.165, 1.54) is 11.1 Å². The second-order valence-electron chi connectivity index (χ2n) is 9.96. The standard InChI is InChI=1S/C30H34N4O/c1-20-8-12-23(13-9-20)27-28(24-14-10-21(2)11-15-24)34(30(35)33-18-16-25(31)17-19-33)29(32-27)26-7-5-4-6-22(26)3/h4-15,25,27-28H,16-19,31H2,1-3H3. The van der Waals surface area contributed by atoms with Gasteiger partial charge >= 0.3 is 6.03 Å². The molecule has 2 heterocycles. The highest BCUT2D eigenvalue weighted by Crippen LogP contribution is 2.44. The average Bonchev–Trinajstić information content (AvgIpc) is 3.25. The Hall–Kier alpha value is -3.44. The summed E-state index contributed by atoms with van der Waals surface area (Å²) in [5.74, 6) is 0.749. The maximum absolute atomic E-state index is 14.2. The summed E-state index contributed by atoms with van der Waals surface area (Å²) in [5, 5.41) is 0. The Morgan fingerprint density at radius 1 is 0.829 bits per heavy atom. The molecule has 2 aliphatic rings. The van der Waals surface area contributed by atoms with Crippen molar-refractivity contribution in [2.24, 2.45) is 10.7 Å². The number of rotatable bonds is 3. The van der Waals surface area contributed by atoms with Gasteiger partial charge in [0.1, 0.15) is 11.9 Å². The minimum absolute atomic E-state index is 0.0130. The van der Waals surface area contributed by atoms with Crippen molar-refractivity contribution >= 4 is 11.9 Å². The highest BCUT2D eigenvalue weighted by Gasteiger charge is 2.44. The van der Waals surface area contributed by atoms with Crippen LogP contribution < -0.4 is 5.73 Å². The summed E-state index contributed by atoms with van der Waals surface area (Å²) < 4.78 is 0. The highest BCUT2D eigenvalue weighted by atomic mass is 16.2. The molecular formula is C30H34N4O. The van der Waals surface area contributed by atoms with Crippen molar-refractivity contribution in [2.45, 2.75) is 51.7 Å². The summed E-state index contributed by atoms with van der Waals surface area (Å²) in [7, 11) is 0. The molecule has 3 aromatic rings. The normalized spacial score (nSPS) is 20.7. The Morgan fingerprint density at radius 3 is 2.00 bits per heavy atom. The summed E-state index contributed by atoms with van der Waals surface area (Å²) in [5.41, 5.74) is 12.9. The van der Waals surface area contributed by atoms with Crippen LogP contribution in [-0.2, 0) is 0 Å². The molecule has 0 aliphatic carbocycles. The fraction of sp³-hybridized carbons (Fsp3) is 0.333. The molecule has 2 N–H and O–H groups in total. The molecule has 1 fully saturated rings. The number of carbonyl (C=O) groups excluding carboxylic acids is 1. The van der Waals surface area contributed by atoms with Gasteiger partial charge in [0, 0.05) is 24.7 Å². The summed E-state index contributed by atoms with van der Waals surface area (Å²) in [6, 6.07) is 25.0. The van der Waals surface area contributed by atoms with E-state index in [2.05, 4.69) is 81.4 Å². The van der Waals surface area contributed by atoms with Gasteiger partial charge in [-0.25, -0.2) is 4.79 Å². The van der Waals surface area contributed by atoms with Gasteiger partial charge in [-0.05, 0) is 50.3 Å². The van der Waals surface area contributed by atoms with Crippen molar-refractivity contribution in [1.29, 1.82) is 0 Å². The molecule has 2 unspecified atom stereocenters. The lowest BCUT2D eigenvalue weighted by Crippen LogP contribution is -2.51. The number of nitrogens with two attached hydrogens (primary N) is 1. The van der Waals surface area contributed by atoms with Gasteiger partial charge in [-0.3, -0.25) is 9.89 Å². The largest absolute Gasteiger partial charge is 0.328 e. The van der Waals surface area contributed by atoms with Gasteiger partial charge in [0.05, 0.1) is 6.04 Å². The van der Waals surface area contributed by atoms with Crippen molar-refractivity contribution in [1.82, 2.24) is 9.80 Å². The van der Waals surface area contributed by atoms with Crippen molar-refractivity contribution in [3.8, 4) is 0 Å². The zero-order valence-electron chi connectivity index (χ0n) is 20.8. The highest BCUT2D eigenvalue weighted by molar-refractivity contribution is 6.10. The molecule has 3 aromatic carbocycles. The van der Waals surface area contributed by atoms with E-state index in [1.54, 1.807) is 0 Å². The van der Waals surface area contributed by atoms with Gasteiger partial charge in [-0.1, -0.05) is 83.9 Å². The third kappa shape index (κ3) is 4.61. The Kier molecular flexibility index (Phi) is 6.44. The second kappa shape index (κ2) is 9.67. The van der Waals surface area contributed by atoms with E-state index in [1.807, 2.05) is 21.9 Å². The zero-order valence-corrected chi connectivity index (χ0v) is 20.8. The minimum Gasteiger partial charge on any atom is -0.328 e. The van der Waals surface area contributed by atoms with Gasteiger partial charge in [0.15, 0.2) is 0 Å². The smallest absolute Gasteiger partial charge is 0.326 e. The van der Waals surface area contributed by atoms with E-state index in [-0.39, 0.29) is 24.2 Å². The number of benzene rings is 3. The number of hydrogen-bond donors (Lipinski definition) is 1. The maximum atomic E-state index is 14.2. The lowest BCUT2D eigenvalue weighted by atomic mass is 9.92. The molecule has 1 saturated heterocycles. The predicted molar refractivity (Wildman–Crippen MR) is 142 cm³/mol. The van der Waals surface area contributed by atoms with E-state index in [4.69, 9.17) is 10.7 Å². The van der Waals surface area contributed by atoms with Crippen LogP contribution in [0.2, 0.25) is 0 Å². The molecule has 2 amide bonds. The summed E-state index contributed by atoms with van der Waals surface area (Å²) in [6.45, 7) is 7.61. The van der Waals surface area contributed by atoms with Crippen LogP contribution in [0, 0.1) is 20.8 Å². The quantitative estimate of drug-likeness (QED) is 0.538. The Morgan fingerprint density at radius 2 is 1.40 bits per heavy atom. The number of amides is 2. The fourth-order valence-corrected chi connectivity index (χ4v) is 5.13. The van der Waals surface area contributed by atoms with Crippen LogP contribution in [0.3, 0.4) is 0 Å². The number of aryl methyl sites for hydroxylation is 3. The number of hydrogen-bond acceptors (Lipinski definition) is 3. The zero-order chi connectivity index (χ0) is 24.5. The fourth-order valence-electron chi connectivity index (χ4n) is 5.13. The van der Waals surface area contributed by atoms with Gasteiger partial charge in [0.2, 0.25) is 0 Å². The van der Waals surface area contributed by atoms with Crippen LogP contribution in [0.5, 0.6) is 0 Å². The van der Waals surface area contributed by atoms with E-state index in [0.717, 1.165) is 40.9 Å². The number of nitrogens with zero attached hydrogens (tertiary/aromatic N) is 3. The van der Waals surface area contributed by atoms with Crippen LogP contribution in [0.15, 0.2) is 77.8 Å². The number of amidine groups is 1. The number of likely N-dealkylation sites (tertiary alicyclic amines) is 1. The molecule has 5 nitrogen and oxygen atoms in total.